The molecule has 9 nitrogen and oxygen atoms in total. The first-order chi connectivity index (χ1) is 19.8. The maximum absolute atomic E-state index is 13.6. The van der Waals surface area contributed by atoms with E-state index >= 15 is 0 Å². The van der Waals surface area contributed by atoms with Crippen molar-refractivity contribution < 1.29 is 35.2 Å². The van der Waals surface area contributed by atoms with E-state index in [2.05, 4.69) is 10.3 Å². The number of sulfonamides is 1. The maximum Gasteiger partial charge on any atom is 0.417 e. The first kappa shape index (κ1) is 29.5. The van der Waals surface area contributed by atoms with Crippen molar-refractivity contribution in [1.29, 1.82) is 0 Å². The van der Waals surface area contributed by atoms with Crippen LogP contribution in [-0.2, 0) is 27.5 Å². The van der Waals surface area contributed by atoms with E-state index in [4.69, 9.17) is 4.42 Å². The molecule has 0 aliphatic carbocycles. The second-order valence-electron chi connectivity index (χ2n) is 10.2. The number of carbonyl (C=O) groups is 1. The Morgan fingerprint density at radius 2 is 1.93 bits per heavy atom. The van der Waals surface area contributed by atoms with Crippen molar-refractivity contribution in [3.63, 3.8) is 0 Å². The Hall–Kier alpha value is -4.04. The van der Waals surface area contributed by atoms with Gasteiger partial charge in [-0.3, -0.25) is 14.6 Å². The predicted molar refractivity (Wildman–Crippen MR) is 144 cm³/mol. The van der Waals surface area contributed by atoms with Gasteiger partial charge in [0.2, 0.25) is 11.0 Å². The third kappa shape index (κ3) is 5.68. The first-order valence-corrected chi connectivity index (χ1v) is 14.5. The quantitative estimate of drug-likeness (QED) is 0.301. The number of furan rings is 1. The molecule has 0 unspecified atom stereocenters. The van der Waals surface area contributed by atoms with E-state index in [9.17, 15) is 35.6 Å². The molecule has 5 rings (SSSR count). The molecular formula is C28H26F4N4O5S. The summed E-state index contributed by atoms with van der Waals surface area (Å²) in [5.74, 6) is -1.12. The van der Waals surface area contributed by atoms with Crippen LogP contribution in [0.15, 0.2) is 69.2 Å². The number of amides is 1. The fourth-order valence-electron chi connectivity index (χ4n) is 4.87. The van der Waals surface area contributed by atoms with Gasteiger partial charge < -0.3 is 14.3 Å². The highest BCUT2D eigenvalue weighted by Gasteiger charge is 2.41. The number of benzene rings is 1. The fourth-order valence-corrected chi connectivity index (χ4v) is 6.48. The van der Waals surface area contributed by atoms with Crippen LogP contribution >= 0.6 is 0 Å². The molecule has 0 saturated carbocycles. The second kappa shape index (κ2) is 11.0. The van der Waals surface area contributed by atoms with Gasteiger partial charge in [0, 0.05) is 43.0 Å². The van der Waals surface area contributed by atoms with Gasteiger partial charge in [-0.15, -0.1) is 0 Å². The highest BCUT2D eigenvalue weighted by Crippen LogP contribution is 2.31. The normalized spacial score (nSPS) is 16.4. The number of pyridine rings is 2. The molecule has 1 N–H and O–H groups in total. The topological polar surface area (TPSA) is 115 Å². The molecule has 1 amide bonds. The van der Waals surface area contributed by atoms with Crippen LogP contribution in [0, 0.1) is 5.82 Å². The van der Waals surface area contributed by atoms with Crippen LogP contribution in [0.4, 0.5) is 17.6 Å². The minimum absolute atomic E-state index is 0.0364. The van der Waals surface area contributed by atoms with Crippen LogP contribution in [0.3, 0.4) is 0 Å². The van der Waals surface area contributed by atoms with Crippen LogP contribution in [-0.4, -0.2) is 40.8 Å². The van der Waals surface area contributed by atoms with Crippen LogP contribution < -0.4 is 10.9 Å². The smallest absolute Gasteiger partial charge is 0.417 e. The zero-order valence-electron chi connectivity index (χ0n) is 22.5. The lowest BCUT2D eigenvalue weighted by atomic mass is 10.1. The summed E-state index contributed by atoms with van der Waals surface area (Å²) in [7, 11) is -4.22. The zero-order chi connectivity index (χ0) is 30.4. The van der Waals surface area contributed by atoms with E-state index < -0.39 is 50.2 Å². The van der Waals surface area contributed by atoms with Gasteiger partial charge in [-0.05, 0) is 68.7 Å². The van der Waals surface area contributed by atoms with Crippen LogP contribution in [0.2, 0.25) is 0 Å². The summed E-state index contributed by atoms with van der Waals surface area (Å²) in [5, 5.41) is 2.58. The van der Waals surface area contributed by atoms with Gasteiger partial charge in [-0.1, -0.05) is 0 Å². The number of hydrogen-bond acceptors (Lipinski definition) is 6. The summed E-state index contributed by atoms with van der Waals surface area (Å²) in [4.78, 5) is 30.1. The van der Waals surface area contributed by atoms with Gasteiger partial charge in [-0.25, -0.2) is 12.8 Å². The molecule has 1 aromatic carbocycles. The van der Waals surface area contributed by atoms with Gasteiger partial charge in [0.1, 0.15) is 17.4 Å². The SMILES string of the molecule is CC(C)n1cc(CNC(=O)[C@@H]2CCCN2S(=O)(=O)c2cc3cc(F)ccc3o2)cc(-c2ccc(C(F)(F)F)cn2)c1=O. The standard InChI is InChI=1S/C28H26F4N4O5S/c1-16(2)35-15-17(10-21(27(35)38)22-7-5-19(14-33-22)28(30,31)32)13-34-26(37)23-4-3-9-36(23)42(39,40)25-12-18-11-20(29)6-8-24(18)41-25/h5-8,10-12,14-16,23H,3-4,9,13H2,1-2H3,(H,34,37)/t23-/m0/s1. The van der Waals surface area contributed by atoms with E-state index in [-0.39, 0.29) is 47.8 Å². The number of nitrogens with zero attached hydrogens (tertiary/aromatic N) is 3. The summed E-state index contributed by atoms with van der Waals surface area (Å²) in [6.07, 6.45) is -1.73. The summed E-state index contributed by atoms with van der Waals surface area (Å²) in [6.45, 7) is 3.49. The Morgan fingerprint density at radius 1 is 1.17 bits per heavy atom. The molecular weight excluding hydrogens is 580 g/mol. The molecule has 1 aliphatic rings. The van der Waals surface area contributed by atoms with Crippen molar-refractivity contribution in [3.8, 4) is 11.3 Å². The first-order valence-electron chi connectivity index (χ1n) is 13.0. The Balaban J connectivity index is 1.37. The highest BCUT2D eigenvalue weighted by atomic mass is 32.2. The lowest BCUT2D eigenvalue weighted by molar-refractivity contribution is -0.137. The largest absolute Gasteiger partial charge is 0.443 e. The molecule has 0 spiro atoms. The fraction of sp³-hybridized carbons (Fsp3) is 0.321. The van der Waals surface area contributed by atoms with Crippen LogP contribution in [0.25, 0.3) is 22.2 Å². The number of alkyl halides is 3. The lowest BCUT2D eigenvalue weighted by Gasteiger charge is -2.22. The van der Waals surface area contributed by atoms with E-state index in [0.717, 1.165) is 28.6 Å². The summed E-state index contributed by atoms with van der Waals surface area (Å²) < 4.78 is 87.2. The average molecular weight is 607 g/mol. The van der Waals surface area contributed by atoms with Crippen molar-refractivity contribution >= 4 is 26.9 Å². The van der Waals surface area contributed by atoms with Gasteiger partial charge in [0.15, 0.2) is 0 Å². The number of nitrogens with one attached hydrogen (secondary N) is 1. The molecule has 4 aromatic rings. The number of fused-ring (bicyclic) bond motifs is 1. The molecule has 222 valence electrons. The number of carbonyl (C=O) groups excluding carboxylic acids is 1. The van der Waals surface area contributed by atoms with Crippen molar-refractivity contribution in [1.82, 2.24) is 19.2 Å². The minimum Gasteiger partial charge on any atom is -0.443 e. The Bertz CT molecular complexity index is 1810. The van der Waals surface area contributed by atoms with Crippen molar-refractivity contribution in [2.45, 2.75) is 56.6 Å². The Morgan fingerprint density at radius 3 is 2.60 bits per heavy atom. The van der Waals surface area contributed by atoms with Crippen molar-refractivity contribution in [3.05, 3.63) is 82.2 Å². The number of hydrogen-bond donors (Lipinski definition) is 1. The summed E-state index contributed by atoms with van der Waals surface area (Å²) >= 11 is 0. The third-order valence-corrected chi connectivity index (χ3v) is 8.78. The lowest BCUT2D eigenvalue weighted by Crippen LogP contribution is -2.45. The summed E-state index contributed by atoms with van der Waals surface area (Å²) in [5.41, 5.74) is -0.686. The molecule has 1 saturated heterocycles. The number of rotatable bonds is 7. The van der Waals surface area contributed by atoms with E-state index in [0.29, 0.717) is 18.2 Å². The monoisotopic (exact) mass is 606 g/mol. The maximum atomic E-state index is 13.6. The number of aromatic nitrogens is 2. The summed E-state index contributed by atoms with van der Waals surface area (Å²) in [6, 6.07) is 6.88. The van der Waals surface area contributed by atoms with E-state index in [1.165, 1.54) is 29.0 Å². The van der Waals surface area contributed by atoms with Gasteiger partial charge in [0.25, 0.3) is 15.6 Å². The average Bonchev–Trinajstić information content (AvgIpc) is 3.60. The van der Waals surface area contributed by atoms with Crippen molar-refractivity contribution in [2.24, 2.45) is 0 Å². The van der Waals surface area contributed by atoms with Gasteiger partial charge >= 0.3 is 6.18 Å². The van der Waals surface area contributed by atoms with Crippen molar-refractivity contribution in [2.75, 3.05) is 6.54 Å². The predicted octanol–water partition coefficient (Wildman–Crippen LogP) is 4.86. The molecule has 1 aliphatic heterocycles. The Labute approximate surface area is 237 Å². The highest BCUT2D eigenvalue weighted by molar-refractivity contribution is 7.89. The molecule has 0 bridgehead atoms. The molecule has 0 radical (unpaired) electrons. The molecule has 3 aromatic heterocycles. The Kier molecular flexibility index (Phi) is 7.70. The third-order valence-electron chi connectivity index (χ3n) is 7.01. The zero-order valence-corrected chi connectivity index (χ0v) is 23.3. The molecule has 4 heterocycles. The molecule has 14 heteroatoms. The van der Waals surface area contributed by atoms with Crippen LogP contribution in [0.5, 0.6) is 0 Å². The number of halogens is 4. The molecule has 1 fully saturated rings. The van der Waals surface area contributed by atoms with E-state index in [1.807, 2.05) is 0 Å². The molecule has 1 atom stereocenters. The van der Waals surface area contributed by atoms with E-state index in [1.54, 1.807) is 13.8 Å². The van der Waals surface area contributed by atoms with Gasteiger partial charge in [-0.2, -0.15) is 17.5 Å². The van der Waals surface area contributed by atoms with Crippen LogP contribution in [0.1, 0.15) is 43.9 Å². The second-order valence-corrected chi connectivity index (χ2v) is 12.1. The molecule has 42 heavy (non-hydrogen) atoms. The van der Waals surface area contributed by atoms with Gasteiger partial charge in [0.05, 0.1) is 16.8 Å². The minimum atomic E-state index is -4.58.